The largest absolute Gasteiger partial charge is 0.593 e. The Balaban J connectivity index is 1.42. The molecule has 3 aromatic carbocycles. The lowest BCUT2D eigenvalue weighted by atomic mass is 10.0. The summed E-state index contributed by atoms with van der Waals surface area (Å²) in [4.78, 5) is 42.1. The van der Waals surface area contributed by atoms with Gasteiger partial charge >= 0.3 is 6.09 Å². The molecular weight excluding hydrogens is 568 g/mol. The van der Waals surface area contributed by atoms with Crippen LogP contribution in [0.3, 0.4) is 0 Å². The second-order valence-corrected chi connectivity index (χ2v) is 11.4. The molecule has 1 aliphatic heterocycles. The molecule has 0 aliphatic carbocycles. The minimum atomic E-state index is -1.77. The third kappa shape index (κ3) is 9.53. The molecule has 6 N–H and O–H groups in total. The SMILES string of the molecule is NCCC(=O)Nc1cccc([S+]([O-])N[C@@H](Cc2cccc(CN)c2)C(=O)N2CCN(C(=O)OCc3ccccc3)CC2)c1. The number of carbonyl (C=O) groups is 3. The van der Waals surface area contributed by atoms with E-state index in [1.54, 1.807) is 34.1 Å². The molecule has 1 fully saturated rings. The van der Waals surface area contributed by atoms with Crippen molar-refractivity contribution in [2.24, 2.45) is 11.5 Å². The summed E-state index contributed by atoms with van der Waals surface area (Å²) < 4.78 is 21.9. The zero-order valence-corrected chi connectivity index (χ0v) is 24.8. The van der Waals surface area contributed by atoms with Gasteiger partial charge in [-0.05, 0) is 28.8 Å². The molecule has 1 saturated heterocycles. The lowest BCUT2D eigenvalue weighted by Crippen LogP contribution is -2.56. The number of nitrogens with zero attached hydrogens (tertiary/aromatic N) is 2. The first-order valence-corrected chi connectivity index (χ1v) is 15.3. The van der Waals surface area contributed by atoms with Gasteiger partial charge in [0.25, 0.3) is 0 Å². The lowest BCUT2D eigenvalue weighted by Gasteiger charge is -2.36. The molecule has 12 heteroatoms. The van der Waals surface area contributed by atoms with Crippen molar-refractivity contribution in [1.29, 1.82) is 0 Å². The second-order valence-electron chi connectivity index (χ2n) is 10.1. The van der Waals surface area contributed by atoms with Gasteiger partial charge in [-0.25, -0.2) is 4.79 Å². The maximum Gasteiger partial charge on any atom is 0.410 e. The fourth-order valence-corrected chi connectivity index (χ4v) is 5.69. The summed E-state index contributed by atoms with van der Waals surface area (Å²) in [7, 11) is 0. The van der Waals surface area contributed by atoms with Gasteiger partial charge in [0, 0.05) is 63.9 Å². The van der Waals surface area contributed by atoms with Gasteiger partial charge in [-0.3, -0.25) is 9.59 Å². The van der Waals surface area contributed by atoms with Crippen LogP contribution in [0, 0.1) is 0 Å². The van der Waals surface area contributed by atoms with Gasteiger partial charge in [-0.2, -0.15) is 0 Å². The van der Waals surface area contributed by atoms with Crippen molar-refractivity contribution >= 4 is 35.0 Å². The zero-order valence-electron chi connectivity index (χ0n) is 23.9. The molecule has 11 nitrogen and oxygen atoms in total. The van der Waals surface area contributed by atoms with Crippen LogP contribution in [0.5, 0.6) is 0 Å². The molecule has 1 aliphatic rings. The van der Waals surface area contributed by atoms with Gasteiger partial charge < -0.3 is 35.9 Å². The van der Waals surface area contributed by atoms with Crippen LogP contribution in [0.4, 0.5) is 10.5 Å². The number of anilines is 1. The number of hydrogen-bond donors (Lipinski definition) is 4. The quantitative estimate of drug-likeness (QED) is 0.228. The Labute approximate surface area is 254 Å². The number of carbonyl (C=O) groups excluding carboxylic acids is 3. The molecule has 43 heavy (non-hydrogen) atoms. The molecule has 1 heterocycles. The van der Waals surface area contributed by atoms with Crippen molar-refractivity contribution in [3.8, 4) is 0 Å². The highest BCUT2D eigenvalue weighted by Crippen LogP contribution is 2.18. The topological polar surface area (TPSA) is 166 Å². The Morgan fingerprint density at radius 1 is 0.860 bits per heavy atom. The van der Waals surface area contributed by atoms with Gasteiger partial charge in [0.15, 0.2) is 4.90 Å². The highest BCUT2D eigenvalue weighted by molar-refractivity contribution is 7.89. The lowest BCUT2D eigenvalue weighted by molar-refractivity contribution is -0.134. The second kappa shape index (κ2) is 16.1. The Bertz CT molecular complexity index is 1370. The summed E-state index contributed by atoms with van der Waals surface area (Å²) in [5.41, 5.74) is 14.5. The first kappa shape index (κ1) is 32.0. The summed E-state index contributed by atoms with van der Waals surface area (Å²) >= 11 is -1.77. The Morgan fingerprint density at radius 3 is 2.26 bits per heavy atom. The highest BCUT2D eigenvalue weighted by Gasteiger charge is 2.33. The third-order valence-electron chi connectivity index (χ3n) is 6.97. The molecule has 0 aromatic heterocycles. The van der Waals surface area contributed by atoms with Gasteiger partial charge in [0.1, 0.15) is 12.6 Å². The number of rotatable bonds is 12. The summed E-state index contributed by atoms with van der Waals surface area (Å²) in [5, 5.41) is 2.74. The van der Waals surface area contributed by atoms with E-state index in [4.69, 9.17) is 16.2 Å². The first-order valence-electron chi connectivity index (χ1n) is 14.2. The molecule has 3 amide bonds. The van der Waals surface area contributed by atoms with Gasteiger partial charge in [0.05, 0.1) is 11.4 Å². The number of hydrogen-bond acceptors (Lipinski definition) is 8. The third-order valence-corrected chi connectivity index (χ3v) is 8.15. The fourth-order valence-electron chi connectivity index (χ4n) is 4.68. The van der Waals surface area contributed by atoms with E-state index in [-0.39, 0.29) is 37.8 Å². The maximum absolute atomic E-state index is 13.8. The molecular formula is C31H38N6O5S. The standard InChI is InChI=1S/C31H38N6O5S/c32-13-12-29(38)34-26-10-5-11-27(20-26)43(41)35-28(19-24-8-4-9-25(18-24)21-33)30(39)36-14-16-37(17-15-36)31(40)42-22-23-6-2-1-3-7-23/h1-11,18,20,28,35H,12-17,19,21-22,32-33H2,(H,34,38)/t28-,43?/m0/s1. The van der Waals surface area contributed by atoms with Gasteiger partial charge in [0.2, 0.25) is 11.8 Å². The van der Waals surface area contributed by atoms with Crippen LogP contribution in [0.15, 0.2) is 83.8 Å². The first-order chi connectivity index (χ1) is 20.9. The molecule has 4 rings (SSSR count). The van der Waals surface area contributed by atoms with E-state index < -0.39 is 23.5 Å². The van der Waals surface area contributed by atoms with E-state index in [9.17, 15) is 18.9 Å². The molecule has 0 bridgehead atoms. The molecule has 0 spiro atoms. The number of benzene rings is 3. The number of piperazine rings is 1. The van der Waals surface area contributed by atoms with E-state index >= 15 is 0 Å². The summed E-state index contributed by atoms with van der Waals surface area (Å²) in [6, 6.07) is 22.9. The van der Waals surface area contributed by atoms with E-state index in [0.29, 0.717) is 43.3 Å². The predicted molar refractivity (Wildman–Crippen MR) is 165 cm³/mol. The molecule has 1 unspecified atom stereocenters. The van der Waals surface area contributed by atoms with Gasteiger partial charge in [-0.1, -0.05) is 60.7 Å². The van der Waals surface area contributed by atoms with Crippen molar-refractivity contribution < 1.29 is 23.7 Å². The highest BCUT2D eigenvalue weighted by atomic mass is 32.2. The summed E-state index contributed by atoms with van der Waals surface area (Å²) in [6.45, 7) is 2.03. The fraction of sp³-hybridized carbons (Fsp3) is 0.323. The monoisotopic (exact) mass is 606 g/mol. The van der Waals surface area contributed by atoms with Crippen LogP contribution in [0.1, 0.15) is 23.1 Å². The maximum atomic E-state index is 13.8. The van der Waals surface area contributed by atoms with E-state index in [2.05, 4.69) is 10.0 Å². The van der Waals surface area contributed by atoms with Crippen molar-refractivity contribution in [2.45, 2.75) is 36.9 Å². The predicted octanol–water partition coefficient (Wildman–Crippen LogP) is 2.14. The van der Waals surface area contributed by atoms with Gasteiger partial charge in [-0.15, -0.1) is 4.72 Å². The minimum absolute atomic E-state index is 0.169. The van der Waals surface area contributed by atoms with Crippen LogP contribution < -0.4 is 21.5 Å². The summed E-state index contributed by atoms with van der Waals surface area (Å²) in [5.74, 6) is -0.467. The van der Waals surface area contributed by atoms with Crippen LogP contribution in [-0.4, -0.2) is 71.0 Å². The van der Waals surface area contributed by atoms with Crippen molar-refractivity contribution in [3.63, 3.8) is 0 Å². The minimum Gasteiger partial charge on any atom is -0.593 e. The Morgan fingerprint density at radius 2 is 1.53 bits per heavy atom. The van der Waals surface area contributed by atoms with Crippen LogP contribution in [0.25, 0.3) is 0 Å². The number of amides is 3. The Kier molecular flexibility index (Phi) is 11.9. The summed E-state index contributed by atoms with van der Waals surface area (Å²) in [6.07, 6.45) is 0.0240. The van der Waals surface area contributed by atoms with E-state index in [1.165, 1.54) is 0 Å². The van der Waals surface area contributed by atoms with Crippen LogP contribution >= 0.6 is 0 Å². The van der Waals surface area contributed by atoms with Crippen molar-refractivity contribution in [3.05, 3.63) is 95.6 Å². The van der Waals surface area contributed by atoms with E-state index in [0.717, 1.165) is 16.7 Å². The van der Waals surface area contributed by atoms with E-state index in [1.807, 2.05) is 54.6 Å². The molecule has 3 aromatic rings. The average molecular weight is 607 g/mol. The average Bonchev–Trinajstić information content (AvgIpc) is 3.03. The zero-order chi connectivity index (χ0) is 30.6. The van der Waals surface area contributed by atoms with Crippen LogP contribution in [0.2, 0.25) is 0 Å². The number of ether oxygens (including phenoxy) is 1. The van der Waals surface area contributed by atoms with Crippen molar-refractivity contribution in [2.75, 3.05) is 38.0 Å². The Hall–Kier alpha value is -3.94. The molecule has 228 valence electrons. The molecule has 0 saturated carbocycles. The number of nitrogens with two attached hydrogens (primary N) is 2. The molecule has 2 atom stereocenters. The van der Waals surface area contributed by atoms with Crippen molar-refractivity contribution in [1.82, 2.24) is 14.5 Å². The van der Waals surface area contributed by atoms with Crippen LogP contribution in [-0.2, 0) is 45.3 Å². The molecule has 0 radical (unpaired) electrons. The normalized spacial score (nSPS) is 14.6. The smallest absolute Gasteiger partial charge is 0.410 e. The number of nitrogens with one attached hydrogen (secondary N) is 2.